The summed E-state index contributed by atoms with van der Waals surface area (Å²) in [4.78, 5) is 21.5. The average Bonchev–Trinajstić information content (AvgIpc) is 3.50. The molecule has 8 heteroatoms. The number of likely N-dealkylation sites (tertiary alicyclic amines) is 1. The number of anilines is 1. The summed E-state index contributed by atoms with van der Waals surface area (Å²) in [6.45, 7) is 3.80. The van der Waals surface area contributed by atoms with Crippen molar-refractivity contribution in [3.63, 3.8) is 0 Å². The Hall–Kier alpha value is -2.07. The first-order valence-corrected chi connectivity index (χ1v) is 10.9. The lowest BCUT2D eigenvalue weighted by molar-refractivity contribution is -0.117. The molecule has 2 N–H and O–H groups in total. The number of rotatable bonds is 6. The third kappa shape index (κ3) is 5.79. The summed E-state index contributed by atoms with van der Waals surface area (Å²) >= 11 is 0. The molecule has 1 aromatic heterocycles. The van der Waals surface area contributed by atoms with Gasteiger partial charge in [-0.15, -0.1) is 24.0 Å². The minimum atomic E-state index is 0. The highest BCUT2D eigenvalue weighted by Gasteiger charge is 2.26. The number of hydrogen-bond donors (Lipinski definition) is 2. The van der Waals surface area contributed by atoms with Crippen molar-refractivity contribution in [3.05, 3.63) is 54.0 Å². The summed E-state index contributed by atoms with van der Waals surface area (Å²) in [5.74, 6) is 1.65. The Labute approximate surface area is 201 Å². The van der Waals surface area contributed by atoms with Crippen molar-refractivity contribution in [2.24, 2.45) is 4.99 Å². The number of hydrogen-bond acceptors (Lipinski definition) is 4. The number of carbonyl (C=O) groups is 1. The van der Waals surface area contributed by atoms with Gasteiger partial charge in [-0.3, -0.25) is 14.7 Å². The van der Waals surface area contributed by atoms with Gasteiger partial charge >= 0.3 is 0 Å². The Balaban J connectivity index is 0.00000272. The van der Waals surface area contributed by atoms with E-state index in [1.165, 1.54) is 18.4 Å². The topological polar surface area (TPSA) is 73.1 Å². The summed E-state index contributed by atoms with van der Waals surface area (Å²) in [5.41, 5.74) is 2.27. The van der Waals surface area contributed by atoms with E-state index in [1.54, 1.807) is 13.3 Å². The maximum Gasteiger partial charge on any atom is 0.246 e. The van der Waals surface area contributed by atoms with Crippen LogP contribution >= 0.6 is 24.0 Å². The molecule has 4 rings (SSSR count). The second kappa shape index (κ2) is 11.5. The predicted octanol–water partition coefficient (Wildman–Crippen LogP) is 3.18. The third-order valence-electron chi connectivity index (χ3n) is 5.96. The van der Waals surface area contributed by atoms with E-state index in [1.807, 2.05) is 35.2 Å². The Bertz CT molecular complexity index is 865. The van der Waals surface area contributed by atoms with Crippen molar-refractivity contribution in [2.45, 2.75) is 31.7 Å². The third-order valence-corrected chi connectivity index (χ3v) is 5.96. The molecule has 0 saturated carbocycles. The number of nitrogens with one attached hydrogen (secondary N) is 2. The highest BCUT2D eigenvalue weighted by Crippen LogP contribution is 2.27. The number of nitrogens with zero attached hydrogens (tertiary/aromatic N) is 3. The molecular weight excluding hydrogens is 505 g/mol. The lowest BCUT2D eigenvalue weighted by Gasteiger charge is -2.30. The van der Waals surface area contributed by atoms with E-state index in [0.29, 0.717) is 12.5 Å². The molecule has 3 heterocycles. The smallest absolute Gasteiger partial charge is 0.246 e. The molecule has 1 amide bonds. The summed E-state index contributed by atoms with van der Waals surface area (Å²) in [7, 11) is 1.73. The Morgan fingerprint density at radius 1 is 1.10 bits per heavy atom. The average molecular weight is 537 g/mol. The molecule has 0 bridgehead atoms. The number of benzene rings is 1. The van der Waals surface area contributed by atoms with Crippen LogP contribution in [0.5, 0.6) is 0 Å². The molecule has 0 radical (unpaired) electrons. The first-order valence-electron chi connectivity index (χ1n) is 10.9. The number of halogens is 1. The van der Waals surface area contributed by atoms with Crippen molar-refractivity contribution < 1.29 is 9.21 Å². The zero-order valence-corrected chi connectivity index (χ0v) is 20.4. The van der Waals surface area contributed by atoms with Crippen molar-refractivity contribution in [2.75, 3.05) is 44.7 Å². The minimum Gasteiger partial charge on any atom is -0.468 e. The van der Waals surface area contributed by atoms with Crippen LogP contribution in [0.15, 0.2) is 52.1 Å². The molecule has 2 aliphatic heterocycles. The Kier molecular flexibility index (Phi) is 8.77. The monoisotopic (exact) mass is 537 g/mol. The van der Waals surface area contributed by atoms with E-state index in [2.05, 4.69) is 26.6 Å². The van der Waals surface area contributed by atoms with E-state index in [9.17, 15) is 4.79 Å². The van der Waals surface area contributed by atoms with Gasteiger partial charge in [-0.1, -0.05) is 18.2 Å². The number of aryl methyl sites for hydroxylation is 1. The van der Waals surface area contributed by atoms with Crippen LogP contribution < -0.4 is 15.5 Å². The highest BCUT2D eigenvalue weighted by molar-refractivity contribution is 14.0. The van der Waals surface area contributed by atoms with Gasteiger partial charge in [0.05, 0.1) is 18.8 Å². The fraction of sp³-hybridized carbons (Fsp3) is 0.478. The maximum atomic E-state index is 12.9. The second-order valence-electron chi connectivity index (χ2n) is 7.86. The summed E-state index contributed by atoms with van der Waals surface area (Å²) in [5, 5.41) is 6.57. The molecule has 1 unspecified atom stereocenters. The summed E-state index contributed by atoms with van der Waals surface area (Å²) in [6, 6.07) is 12.3. The largest absolute Gasteiger partial charge is 0.468 e. The quantitative estimate of drug-likeness (QED) is 0.337. The zero-order chi connectivity index (χ0) is 20.8. The van der Waals surface area contributed by atoms with Gasteiger partial charge < -0.3 is 20.0 Å². The SMILES string of the molecule is CN=C(NCC(=O)N1CCCc2ccccc21)NCC(c1ccco1)N1CCCC1.I. The first-order chi connectivity index (χ1) is 14.8. The van der Waals surface area contributed by atoms with Gasteiger partial charge in [-0.2, -0.15) is 0 Å². The lowest BCUT2D eigenvalue weighted by atomic mass is 10.0. The van der Waals surface area contributed by atoms with Crippen LogP contribution in [0.4, 0.5) is 5.69 Å². The van der Waals surface area contributed by atoms with Gasteiger partial charge in [0.2, 0.25) is 5.91 Å². The van der Waals surface area contributed by atoms with Crippen molar-refractivity contribution in [3.8, 4) is 0 Å². The molecular formula is C23H32IN5O2. The van der Waals surface area contributed by atoms with Crippen LogP contribution in [-0.2, 0) is 11.2 Å². The van der Waals surface area contributed by atoms with Gasteiger partial charge in [0.1, 0.15) is 5.76 Å². The van der Waals surface area contributed by atoms with Gasteiger partial charge in [-0.25, -0.2) is 0 Å². The van der Waals surface area contributed by atoms with Crippen molar-refractivity contribution >= 4 is 41.5 Å². The number of guanidine groups is 1. The van der Waals surface area contributed by atoms with Crippen LogP contribution in [-0.4, -0.2) is 56.5 Å². The Morgan fingerprint density at radius 2 is 1.90 bits per heavy atom. The van der Waals surface area contributed by atoms with Crippen LogP contribution in [0.3, 0.4) is 0 Å². The van der Waals surface area contributed by atoms with Crippen LogP contribution in [0, 0.1) is 0 Å². The van der Waals surface area contributed by atoms with Crippen molar-refractivity contribution in [1.29, 1.82) is 0 Å². The lowest BCUT2D eigenvalue weighted by Crippen LogP contribution is -2.47. The van der Waals surface area contributed by atoms with E-state index < -0.39 is 0 Å². The molecule has 0 spiro atoms. The molecule has 31 heavy (non-hydrogen) atoms. The maximum absolute atomic E-state index is 12.9. The molecule has 1 fully saturated rings. The first kappa shape index (κ1) is 23.6. The van der Waals surface area contributed by atoms with Crippen LogP contribution in [0.2, 0.25) is 0 Å². The van der Waals surface area contributed by atoms with Crippen molar-refractivity contribution in [1.82, 2.24) is 15.5 Å². The summed E-state index contributed by atoms with van der Waals surface area (Å²) < 4.78 is 5.68. The number of amides is 1. The Morgan fingerprint density at radius 3 is 2.65 bits per heavy atom. The standard InChI is InChI=1S/C23H31N5O2.HI/c1-24-23(25-16-20(21-11-7-15-30-21)27-12-4-5-13-27)26-17-22(29)28-14-6-9-18-8-2-3-10-19(18)28;/h2-3,7-8,10-11,15,20H,4-6,9,12-14,16-17H2,1H3,(H2,24,25,26);1H. The van der Waals surface area contributed by atoms with E-state index in [-0.39, 0.29) is 42.5 Å². The number of fused-ring (bicyclic) bond motifs is 1. The molecule has 1 saturated heterocycles. The molecule has 2 aromatic rings. The minimum absolute atomic E-state index is 0. The molecule has 1 atom stereocenters. The summed E-state index contributed by atoms with van der Waals surface area (Å²) in [6.07, 6.45) is 6.18. The second-order valence-corrected chi connectivity index (χ2v) is 7.86. The number of furan rings is 1. The molecule has 1 aromatic carbocycles. The predicted molar refractivity (Wildman–Crippen MR) is 134 cm³/mol. The van der Waals surface area contributed by atoms with E-state index in [4.69, 9.17) is 4.42 Å². The van der Waals surface area contributed by atoms with Gasteiger partial charge in [0.25, 0.3) is 0 Å². The number of carbonyl (C=O) groups excluding carboxylic acids is 1. The highest BCUT2D eigenvalue weighted by atomic mass is 127. The van der Waals surface area contributed by atoms with Crippen LogP contribution in [0.1, 0.15) is 36.6 Å². The van der Waals surface area contributed by atoms with E-state index in [0.717, 1.165) is 43.9 Å². The zero-order valence-electron chi connectivity index (χ0n) is 18.0. The number of aliphatic imine (C=N–C) groups is 1. The molecule has 2 aliphatic rings. The molecule has 7 nitrogen and oxygen atoms in total. The molecule has 0 aliphatic carbocycles. The fourth-order valence-corrected chi connectivity index (χ4v) is 4.41. The van der Waals surface area contributed by atoms with Gasteiger partial charge in [0.15, 0.2) is 5.96 Å². The number of para-hydroxylation sites is 1. The normalized spacial score (nSPS) is 17.6. The van der Waals surface area contributed by atoms with Gasteiger partial charge in [0, 0.05) is 25.8 Å². The fourth-order valence-electron chi connectivity index (χ4n) is 4.41. The van der Waals surface area contributed by atoms with Gasteiger partial charge in [-0.05, 0) is 62.5 Å². The molecule has 168 valence electrons. The van der Waals surface area contributed by atoms with E-state index >= 15 is 0 Å². The van der Waals surface area contributed by atoms with Crippen LogP contribution in [0.25, 0.3) is 0 Å².